The van der Waals surface area contributed by atoms with E-state index in [9.17, 15) is 0 Å². The molecular weight excluding hydrogens is 727 g/mol. The van der Waals surface area contributed by atoms with Crippen molar-refractivity contribution in [3.05, 3.63) is 237 Å². The van der Waals surface area contributed by atoms with Crippen molar-refractivity contribution < 1.29 is 4.42 Å². The predicted molar refractivity (Wildman–Crippen MR) is 253 cm³/mol. The molecule has 0 spiro atoms. The number of anilines is 3. The van der Waals surface area contributed by atoms with Crippen LogP contribution in [0.25, 0.3) is 88.3 Å². The lowest BCUT2D eigenvalue weighted by Gasteiger charge is -2.26. The smallest absolute Gasteiger partial charge is 0.143 e. The molecule has 11 rings (SSSR count). The van der Waals surface area contributed by atoms with Crippen LogP contribution >= 0.6 is 0 Å². The van der Waals surface area contributed by atoms with Crippen LogP contribution in [0.4, 0.5) is 17.1 Å². The quantitative estimate of drug-likeness (QED) is 0.153. The van der Waals surface area contributed by atoms with Crippen LogP contribution in [0.5, 0.6) is 0 Å². The average Bonchev–Trinajstić information content (AvgIpc) is 3.72. The van der Waals surface area contributed by atoms with Gasteiger partial charge < -0.3 is 9.32 Å². The first-order valence-electron chi connectivity index (χ1n) is 20.5. The van der Waals surface area contributed by atoms with E-state index in [0.717, 1.165) is 61.6 Å². The van der Waals surface area contributed by atoms with Crippen molar-refractivity contribution in [2.75, 3.05) is 4.90 Å². The molecule has 0 aliphatic carbocycles. The van der Waals surface area contributed by atoms with E-state index in [-0.39, 0.29) is 0 Å². The van der Waals surface area contributed by atoms with Crippen LogP contribution in [0.2, 0.25) is 0 Å². The van der Waals surface area contributed by atoms with Crippen LogP contribution in [0.15, 0.2) is 241 Å². The van der Waals surface area contributed by atoms with Gasteiger partial charge in [0.2, 0.25) is 0 Å². The Hall–Kier alpha value is -7.94. The van der Waals surface area contributed by atoms with Gasteiger partial charge in [-0.2, -0.15) is 0 Å². The maximum atomic E-state index is 6.54. The molecule has 0 N–H and O–H groups in total. The molecule has 0 unspecified atom stereocenters. The third kappa shape index (κ3) is 6.61. The van der Waals surface area contributed by atoms with Crippen LogP contribution in [0.1, 0.15) is 0 Å². The predicted octanol–water partition coefficient (Wildman–Crippen LogP) is 16.5. The fourth-order valence-electron chi connectivity index (χ4n) is 8.57. The summed E-state index contributed by atoms with van der Waals surface area (Å²) in [5.41, 5.74) is 14.6. The number of nitrogens with zero attached hydrogens (tertiary/aromatic N) is 1. The Labute approximate surface area is 349 Å². The summed E-state index contributed by atoms with van der Waals surface area (Å²) in [4.78, 5) is 2.35. The standard InChI is InChI=1S/C58H39NO/c1-2-13-46(14-3-1)57-55-19-8-9-20-56(55)60-58(57)51-18-10-17-48(38-51)44-23-21-42(22-24-44)43-27-32-52(33-28-43)59(54-36-31-41-12-5-7-16-49(41)39-54)53-34-29-45(30-35-53)50-26-25-40-11-4-6-15-47(40)37-50/h1-39H. The van der Waals surface area contributed by atoms with E-state index in [1.165, 1.54) is 43.8 Å². The Bertz CT molecular complexity index is 3290. The first kappa shape index (κ1) is 35.2. The van der Waals surface area contributed by atoms with Crippen LogP contribution < -0.4 is 4.90 Å². The van der Waals surface area contributed by atoms with Crippen molar-refractivity contribution in [3.63, 3.8) is 0 Å². The molecule has 0 radical (unpaired) electrons. The van der Waals surface area contributed by atoms with Crippen LogP contribution in [-0.2, 0) is 0 Å². The molecule has 10 aromatic carbocycles. The van der Waals surface area contributed by atoms with E-state index < -0.39 is 0 Å². The van der Waals surface area contributed by atoms with E-state index in [4.69, 9.17) is 4.42 Å². The number of furan rings is 1. The molecule has 0 atom stereocenters. The Morgan fingerprint density at radius 1 is 0.267 bits per heavy atom. The number of rotatable bonds is 8. The van der Waals surface area contributed by atoms with E-state index in [1.807, 2.05) is 12.1 Å². The minimum atomic E-state index is 0.888. The number of benzene rings is 10. The zero-order valence-corrected chi connectivity index (χ0v) is 32.9. The Balaban J connectivity index is 0.899. The minimum Gasteiger partial charge on any atom is -0.455 e. The highest BCUT2D eigenvalue weighted by molar-refractivity contribution is 6.02. The van der Waals surface area contributed by atoms with Crippen LogP contribution in [0.3, 0.4) is 0 Å². The molecule has 2 heteroatoms. The van der Waals surface area contributed by atoms with Gasteiger partial charge in [-0.05, 0) is 115 Å². The molecule has 1 heterocycles. The maximum Gasteiger partial charge on any atom is 0.143 e. The summed E-state index contributed by atoms with van der Waals surface area (Å²) < 4.78 is 6.54. The van der Waals surface area contributed by atoms with Gasteiger partial charge in [0.25, 0.3) is 0 Å². The second kappa shape index (κ2) is 15.1. The largest absolute Gasteiger partial charge is 0.455 e. The summed E-state index contributed by atoms with van der Waals surface area (Å²) in [7, 11) is 0. The minimum absolute atomic E-state index is 0.888. The van der Waals surface area contributed by atoms with Crippen molar-refractivity contribution >= 4 is 49.6 Å². The zero-order valence-electron chi connectivity index (χ0n) is 32.9. The summed E-state index contributed by atoms with van der Waals surface area (Å²) in [6.45, 7) is 0. The summed E-state index contributed by atoms with van der Waals surface area (Å²) in [6, 6.07) is 84.7. The van der Waals surface area contributed by atoms with Gasteiger partial charge in [0.15, 0.2) is 0 Å². The van der Waals surface area contributed by atoms with Gasteiger partial charge >= 0.3 is 0 Å². The summed E-state index contributed by atoms with van der Waals surface area (Å²) in [5, 5.41) is 6.06. The summed E-state index contributed by atoms with van der Waals surface area (Å²) >= 11 is 0. The Morgan fingerprint density at radius 2 is 0.717 bits per heavy atom. The number of hydrogen-bond acceptors (Lipinski definition) is 2. The molecule has 11 aromatic rings. The second-order valence-electron chi connectivity index (χ2n) is 15.3. The Morgan fingerprint density at radius 3 is 1.38 bits per heavy atom. The number of hydrogen-bond donors (Lipinski definition) is 0. The van der Waals surface area contributed by atoms with Gasteiger partial charge in [0.1, 0.15) is 11.3 Å². The van der Waals surface area contributed by atoms with Gasteiger partial charge in [0.05, 0.1) is 0 Å². The Kier molecular flexibility index (Phi) is 8.87. The van der Waals surface area contributed by atoms with Crippen molar-refractivity contribution in [1.82, 2.24) is 0 Å². The van der Waals surface area contributed by atoms with Crippen LogP contribution in [0, 0.1) is 0 Å². The molecule has 60 heavy (non-hydrogen) atoms. The lowest BCUT2D eigenvalue weighted by Crippen LogP contribution is -2.09. The summed E-state index contributed by atoms with van der Waals surface area (Å²) in [6.07, 6.45) is 0. The molecule has 282 valence electrons. The monoisotopic (exact) mass is 765 g/mol. The molecular formula is C58H39NO. The third-order valence-corrected chi connectivity index (χ3v) is 11.7. The number of fused-ring (bicyclic) bond motifs is 3. The number of para-hydroxylation sites is 1. The zero-order chi connectivity index (χ0) is 39.8. The van der Waals surface area contributed by atoms with Crippen molar-refractivity contribution in [2.24, 2.45) is 0 Å². The normalized spacial score (nSPS) is 11.3. The third-order valence-electron chi connectivity index (χ3n) is 11.7. The lowest BCUT2D eigenvalue weighted by atomic mass is 9.95. The molecule has 0 saturated carbocycles. The first-order chi connectivity index (χ1) is 29.7. The molecule has 2 nitrogen and oxygen atoms in total. The molecule has 0 saturated heterocycles. The van der Waals surface area contributed by atoms with E-state index >= 15 is 0 Å². The van der Waals surface area contributed by atoms with Gasteiger partial charge in [-0.3, -0.25) is 0 Å². The van der Waals surface area contributed by atoms with E-state index in [1.54, 1.807) is 0 Å². The van der Waals surface area contributed by atoms with Crippen molar-refractivity contribution in [1.29, 1.82) is 0 Å². The van der Waals surface area contributed by atoms with Crippen molar-refractivity contribution in [3.8, 4) is 55.8 Å². The van der Waals surface area contributed by atoms with Crippen LogP contribution in [-0.4, -0.2) is 0 Å². The van der Waals surface area contributed by atoms with Gasteiger partial charge in [0, 0.05) is 33.6 Å². The maximum absolute atomic E-state index is 6.54. The molecule has 0 aliphatic rings. The van der Waals surface area contributed by atoms with Gasteiger partial charge in [-0.15, -0.1) is 0 Å². The van der Waals surface area contributed by atoms with E-state index in [2.05, 4.69) is 229 Å². The molecule has 0 bridgehead atoms. The topological polar surface area (TPSA) is 16.4 Å². The SMILES string of the molecule is c1ccc(-c2c(-c3cccc(-c4ccc(-c5ccc(N(c6ccc(-c7ccc8ccccc8c7)cc6)c6ccc7ccccc7c6)cc5)cc4)c3)oc3ccccc23)cc1. The molecule has 0 amide bonds. The van der Waals surface area contributed by atoms with Gasteiger partial charge in [-0.1, -0.05) is 182 Å². The fourth-order valence-corrected chi connectivity index (χ4v) is 8.57. The lowest BCUT2D eigenvalue weighted by molar-refractivity contribution is 0.632. The highest BCUT2D eigenvalue weighted by atomic mass is 16.3. The highest BCUT2D eigenvalue weighted by Gasteiger charge is 2.18. The second-order valence-corrected chi connectivity index (χ2v) is 15.3. The fraction of sp³-hybridized carbons (Fsp3) is 0. The van der Waals surface area contributed by atoms with E-state index in [0.29, 0.717) is 0 Å². The molecule has 0 fully saturated rings. The molecule has 0 aliphatic heterocycles. The average molecular weight is 766 g/mol. The highest BCUT2D eigenvalue weighted by Crippen LogP contribution is 2.42. The first-order valence-corrected chi connectivity index (χ1v) is 20.5. The van der Waals surface area contributed by atoms with Gasteiger partial charge in [-0.25, -0.2) is 0 Å². The summed E-state index contributed by atoms with van der Waals surface area (Å²) in [5.74, 6) is 0.888. The molecule has 1 aromatic heterocycles. The van der Waals surface area contributed by atoms with Crippen molar-refractivity contribution in [2.45, 2.75) is 0 Å².